The predicted octanol–water partition coefficient (Wildman–Crippen LogP) is 7.81. The zero-order valence-electron chi connectivity index (χ0n) is 40.2. The molecule has 3 saturated carbocycles. The van der Waals surface area contributed by atoms with Crippen molar-refractivity contribution in [3.05, 3.63) is 106 Å². The summed E-state index contributed by atoms with van der Waals surface area (Å²) in [5, 5.41) is 7.64. The number of rotatable bonds is 2. The smallest absolute Gasteiger partial charge is 1.00 e. The molecule has 3 fully saturated rings. The average Bonchev–Trinajstić information content (AvgIpc) is 4.04. The number of benzene rings is 1. The molecule has 3 aliphatic carbocycles. The first-order valence-corrected chi connectivity index (χ1v) is 25.1. The maximum atomic E-state index is 12.9. The Balaban J connectivity index is 0.000000143. The van der Waals surface area contributed by atoms with Crippen molar-refractivity contribution in [1.29, 1.82) is 0 Å². The molecule has 3 aliphatic heterocycles. The summed E-state index contributed by atoms with van der Waals surface area (Å²) in [7, 11) is 0. The Morgan fingerprint density at radius 3 is 1.75 bits per heavy atom. The van der Waals surface area contributed by atoms with Gasteiger partial charge in [-0.3, -0.25) is 4.99 Å². The van der Waals surface area contributed by atoms with Gasteiger partial charge < -0.3 is 30.1 Å². The molecule has 13 rings (SSSR count). The van der Waals surface area contributed by atoms with Crippen molar-refractivity contribution in [3.8, 4) is 0 Å². The summed E-state index contributed by atoms with van der Waals surface area (Å²) in [6.45, 7) is 4.12. The third-order valence-corrected chi connectivity index (χ3v) is 15.6. The Hall–Kier alpha value is -4.09. The van der Waals surface area contributed by atoms with Gasteiger partial charge in [-0.05, 0) is 97.1 Å². The molecule has 3 spiro atoms. The van der Waals surface area contributed by atoms with E-state index in [1.54, 1.807) is 6.20 Å². The summed E-state index contributed by atoms with van der Waals surface area (Å²) in [5.74, 6) is 0. The fraction of sp³-hybridized carbons (Fsp3) is 0.480. The van der Waals surface area contributed by atoms with Crippen molar-refractivity contribution in [2.24, 2.45) is 4.99 Å². The van der Waals surface area contributed by atoms with Crippen molar-refractivity contribution in [2.45, 2.75) is 139 Å². The maximum Gasteiger partial charge on any atom is 1.00 e. The molecule has 6 aromatic heterocycles. The molecule has 0 atom stereocenters. The molecule has 19 heteroatoms. The molecule has 0 bridgehead atoms. The number of amides is 1. The summed E-state index contributed by atoms with van der Waals surface area (Å²) < 4.78 is 12.8. The van der Waals surface area contributed by atoms with Gasteiger partial charge in [0.05, 0.1) is 29.7 Å². The minimum absolute atomic E-state index is 0. The van der Waals surface area contributed by atoms with Crippen LogP contribution in [0.15, 0.2) is 72.1 Å². The molecule has 1 N–H and O–H groups in total. The number of carbonyl (C=O) groups is 1. The monoisotopic (exact) mass is 995 g/mol. The van der Waals surface area contributed by atoms with Crippen LogP contribution in [0.25, 0.3) is 33.1 Å². The van der Waals surface area contributed by atoms with Crippen molar-refractivity contribution in [1.82, 2.24) is 53.8 Å². The summed E-state index contributed by atoms with van der Waals surface area (Å²) in [4.78, 5) is 45.1. The molecule has 9 heterocycles. The Kier molecular flexibility index (Phi) is 15.1. The number of nitrogens with zero attached hydrogens (tertiary/aromatic N) is 11. The van der Waals surface area contributed by atoms with Crippen LogP contribution in [0.1, 0.15) is 120 Å². The number of carbonyl (C=O) groups excluding carboxylic acids is 1. The Morgan fingerprint density at radius 1 is 0.652 bits per heavy atom. The fourth-order valence-corrected chi connectivity index (χ4v) is 12.6. The second-order valence-electron chi connectivity index (χ2n) is 19.4. The third-order valence-electron chi connectivity index (χ3n) is 15.1. The van der Waals surface area contributed by atoms with Crippen LogP contribution >= 0.6 is 34.8 Å². The van der Waals surface area contributed by atoms with Gasteiger partial charge in [-0.1, -0.05) is 88.1 Å². The van der Waals surface area contributed by atoms with Gasteiger partial charge in [0.2, 0.25) is 15.9 Å². The second kappa shape index (κ2) is 20.9. The van der Waals surface area contributed by atoms with Crippen LogP contribution in [0.3, 0.4) is 0 Å². The molecule has 1 amide bonds. The first kappa shape index (κ1) is 49.9. The summed E-state index contributed by atoms with van der Waals surface area (Å²) >= 11 is 18.1. The van der Waals surface area contributed by atoms with Crippen LogP contribution < -0.4 is 34.9 Å². The van der Waals surface area contributed by atoms with Crippen LogP contribution in [0.4, 0.5) is 4.79 Å². The van der Waals surface area contributed by atoms with Gasteiger partial charge in [-0.2, -0.15) is 15.0 Å². The molecule has 353 valence electrons. The van der Waals surface area contributed by atoms with Crippen molar-refractivity contribution in [3.63, 3.8) is 0 Å². The van der Waals surface area contributed by atoms with E-state index in [4.69, 9.17) is 39.5 Å². The van der Waals surface area contributed by atoms with Gasteiger partial charge in [-0.25, -0.2) is 19.7 Å². The van der Waals surface area contributed by atoms with E-state index in [-0.39, 0.29) is 74.0 Å². The summed E-state index contributed by atoms with van der Waals surface area (Å²) in [5.41, 5.74) is 7.52. The van der Waals surface area contributed by atoms with E-state index in [0.29, 0.717) is 23.7 Å². The van der Waals surface area contributed by atoms with E-state index >= 15 is 0 Å². The number of aliphatic imine (C=N–C) groups is 1. The van der Waals surface area contributed by atoms with E-state index in [9.17, 15) is 4.79 Å². The van der Waals surface area contributed by atoms with Crippen molar-refractivity contribution < 1.29 is 40.5 Å². The zero-order chi connectivity index (χ0) is 45.6. The van der Waals surface area contributed by atoms with Crippen LogP contribution in [-0.4, -0.2) is 82.3 Å². The van der Waals surface area contributed by atoms with Crippen LogP contribution in [0.5, 0.6) is 0 Å². The topological polar surface area (TPSA) is 146 Å². The van der Waals surface area contributed by atoms with E-state index in [0.717, 1.165) is 103 Å². The molecular formula is C50H56BCl3N12NaO2. The number of nitrogens with one attached hydrogen (secondary N) is 1. The molecule has 14 nitrogen and oxygen atoms in total. The van der Waals surface area contributed by atoms with Crippen LogP contribution in [0.2, 0.25) is 15.9 Å². The minimum atomic E-state index is -0.264. The van der Waals surface area contributed by atoms with Gasteiger partial charge in [0, 0.05) is 86.1 Å². The SMILES string of the molecule is Clc1ncc2cc3n(c2n1)C1(C=NC3)CCCCC1.Clc1ncc2cc3n(c2n1)C1(CCCCC1)CNC3.O=C(OCc1ccccc1)N1Cc2cc3cnc(Cl)nc3n2C2(CCCCC2)C1.[B].[H-].[Na+]. The summed E-state index contributed by atoms with van der Waals surface area (Å²) in [6, 6.07) is 16.2. The van der Waals surface area contributed by atoms with Crippen LogP contribution in [-0.2, 0) is 47.6 Å². The van der Waals surface area contributed by atoms with E-state index in [1.165, 1.54) is 69.2 Å². The molecule has 7 aromatic rings. The molecule has 0 saturated heterocycles. The quantitative estimate of drug-likeness (QED) is 0.135. The van der Waals surface area contributed by atoms with E-state index in [2.05, 4.69) is 78.3 Å². The van der Waals surface area contributed by atoms with E-state index in [1.807, 2.05) is 47.6 Å². The Labute approximate surface area is 442 Å². The number of aromatic nitrogens is 9. The molecule has 69 heavy (non-hydrogen) atoms. The van der Waals surface area contributed by atoms with E-state index < -0.39 is 0 Å². The van der Waals surface area contributed by atoms with Gasteiger partial charge in [-0.15, -0.1) is 0 Å². The molecule has 1 aromatic carbocycles. The standard InChI is InChI=1S/C22H23ClN4O2.C14H17ClN4.C14H15ClN4.B.Na.H/c23-20-24-12-17-11-18-13-26(21(28)29-14-16-7-3-1-4-8-16)15-22(9-5-2-6-10-22)27(18)19(17)25-20;2*15-13-17-7-10-6-11-8-16-9-14(4-2-1-3-5-14)19(11)12(10)18-13;;;/h1,3-4,7-8,11-12H,2,5-6,9-10,13-15H2;6-7,16H,1-5,8-9H2;6-7,9H,1-5,8H2;;;/q;;;;+1;-1. The number of halogens is 3. The van der Waals surface area contributed by atoms with Gasteiger partial charge in [0.1, 0.15) is 23.5 Å². The summed E-state index contributed by atoms with van der Waals surface area (Å²) in [6.07, 6.45) is 25.4. The third kappa shape index (κ3) is 9.70. The largest absolute Gasteiger partial charge is 1.00 e. The number of fused-ring (bicyclic) bond motifs is 12. The number of hydrogen-bond acceptors (Lipinski definition) is 10. The minimum Gasteiger partial charge on any atom is -1.00 e. The van der Waals surface area contributed by atoms with Gasteiger partial charge in [0.15, 0.2) is 0 Å². The Morgan fingerprint density at radius 2 is 1.16 bits per heavy atom. The number of ether oxygens (including phenoxy) is 1. The first-order valence-electron chi connectivity index (χ1n) is 24.0. The zero-order valence-corrected chi connectivity index (χ0v) is 43.5. The van der Waals surface area contributed by atoms with Crippen molar-refractivity contribution >= 4 is 88.6 Å². The normalized spacial score (nSPS) is 19.3. The first-order chi connectivity index (χ1) is 32.7. The molecular weight excluding hydrogens is 941 g/mol. The van der Waals surface area contributed by atoms with Crippen LogP contribution in [0, 0.1) is 0 Å². The predicted molar refractivity (Wildman–Crippen MR) is 269 cm³/mol. The fourth-order valence-electron chi connectivity index (χ4n) is 12.2. The second-order valence-corrected chi connectivity index (χ2v) is 20.4. The molecule has 0 unspecified atom stereocenters. The Bertz CT molecular complexity index is 2980. The molecule has 6 aliphatic rings. The number of hydrogen-bond donors (Lipinski definition) is 1. The molecule has 3 radical (unpaired) electrons. The van der Waals surface area contributed by atoms with Gasteiger partial charge in [0.25, 0.3) is 0 Å². The van der Waals surface area contributed by atoms with Gasteiger partial charge >= 0.3 is 35.7 Å². The average molecular weight is 997 g/mol. The maximum absolute atomic E-state index is 12.9. The van der Waals surface area contributed by atoms with Crippen molar-refractivity contribution in [2.75, 3.05) is 13.1 Å².